The molecule has 0 radical (unpaired) electrons. The van der Waals surface area contributed by atoms with Crippen molar-refractivity contribution >= 4 is 0 Å². The van der Waals surface area contributed by atoms with Crippen molar-refractivity contribution in [1.82, 2.24) is 4.90 Å². The van der Waals surface area contributed by atoms with E-state index in [2.05, 4.69) is 6.07 Å². The van der Waals surface area contributed by atoms with Crippen molar-refractivity contribution in [2.45, 2.75) is 33.4 Å². The molecule has 86 valence electrons. The molecule has 1 aromatic carbocycles. The zero-order valence-electron chi connectivity index (χ0n) is 10.00. The molecule has 2 nitrogen and oxygen atoms in total. The molecule has 1 aromatic rings. The monoisotopic (exact) mass is 220 g/mol. The molecule has 0 aliphatic carbocycles. The summed E-state index contributed by atoms with van der Waals surface area (Å²) in [5.41, 5.74) is 2.01. The molecule has 0 aromatic heterocycles. The fourth-order valence-electron chi connectivity index (χ4n) is 1.54. The van der Waals surface area contributed by atoms with Crippen molar-refractivity contribution in [3.05, 3.63) is 35.1 Å². The number of rotatable bonds is 4. The van der Waals surface area contributed by atoms with Gasteiger partial charge in [0.05, 0.1) is 12.6 Å². The normalized spacial score (nSPS) is 10.8. The van der Waals surface area contributed by atoms with Gasteiger partial charge in [0.1, 0.15) is 5.82 Å². The smallest absolute Gasteiger partial charge is 0.123 e. The maximum atomic E-state index is 13.1. The van der Waals surface area contributed by atoms with Gasteiger partial charge >= 0.3 is 0 Å². The molecule has 0 amide bonds. The van der Waals surface area contributed by atoms with Crippen LogP contribution in [0.2, 0.25) is 0 Å². The average Bonchev–Trinajstić information content (AvgIpc) is 2.22. The summed E-state index contributed by atoms with van der Waals surface area (Å²) in [5.74, 6) is -0.221. The molecule has 0 fully saturated rings. The highest BCUT2D eigenvalue weighted by atomic mass is 19.1. The van der Waals surface area contributed by atoms with Gasteiger partial charge < -0.3 is 0 Å². The standard InChI is InChI=1S/C13H17FN2/c1-10(2)16(7-6-15)9-12-8-13(14)5-4-11(12)3/h4-5,8,10H,7,9H2,1-3H3. The molecule has 0 aliphatic rings. The first-order valence-corrected chi connectivity index (χ1v) is 5.40. The predicted octanol–water partition coefficient (Wildman–Crippen LogP) is 2.87. The lowest BCUT2D eigenvalue weighted by molar-refractivity contribution is 0.239. The topological polar surface area (TPSA) is 27.0 Å². The first-order valence-electron chi connectivity index (χ1n) is 5.40. The maximum absolute atomic E-state index is 13.1. The lowest BCUT2D eigenvalue weighted by Gasteiger charge is -2.24. The van der Waals surface area contributed by atoms with Gasteiger partial charge in [-0.1, -0.05) is 6.07 Å². The van der Waals surface area contributed by atoms with Gasteiger partial charge in [-0.3, -0.25) is 4.90 Å². The van der Waals surface area contributed by atoms with E-state index < -0.39 is 0 Å². The van der Waals surface area contributed by atoms with Crippen LogP contribution >= 0.6 is 0 Å². The summed E-state index contributed by atoms with van der Waals surface area (Å²) in [4.78, 5) is 2.02. The molecule has 0 saturated carbocycles. The second-order valence-corrected chi connectivity index (χ2v) is 4.23. The zero-order chi connectivity index (χ0) is 12.1. The number of nitrogens with zero attached hydrogens (tertiary/aromatic N) is 2. The third kappa shape index (κ3) is 3.32. The van der Waals surface area contributed by atoms with Crippen LogP contribution in [0.5, 0.6) is 0 Å². The first kappa shape index (κ1) is 12.7. The van der Waals surface area contributed by atoms with E-state index in [0.29, 0.717) is 13.1 Å². The van der Waals surface area contributed by atoms with Crippen LogP contribution < -0.4 is 0 Å². The minimum absolute atomic E-state index is 0.221. The van der Waals surface area contributed by atoms with E-state index >= 15 is 0 Å². The van der Waals surface area contributed by atoms with E-state index in [1.165, 1.54) is 6.07 Å². The summed E-state index contributed by atoms with van der Waals surface area (Å²) in [7, 11) is 0. The highest BCUT2D eigenvalue weighted by Crippen LogP contribution is 2.14. The van der Waals surface area contributed by atoms with Crippen LogP contribution in [-0.2, 0) is 6.54 Å². The van der Waals surface area contributed by atoms with Gasteiger partial charge in [-0.25, -0.2) is 4.39 Å². The molecular weight excluding hydrogens is 203 g/mol. The molecule has 0 saturated heterocycles. The third-order valence-electron chi connectivity index (χ3n) is 2.69. The van der Waals surface area contributed by atoms with E-state index in [-0.39, 0.29) is 11.9 Å². The van der Waals surface area contributed by atoms with E-state index in [0.717, 1.165) is 11.1 Å². The second-order valence-electron chi connectivity index (χ2n) is 4.23. The number of aryl methyl sites for hydroxylation is 1. The van der Waals surface area contributed by atoms with Gasteiger partial charge in [0.2, 0.25) is 0 Å². The van der Waals surface area contributed by atoms with Crippen LogP contribution in [0.15, 0.2) is 18.2 Å². The average molecular weight is 220 g/mol. The maximum Gasteiger partial charge on any atom is 0.123 e. The van der Waals surface area contributed by atoms with E-state index in [1.54, 1.807) is 12.1 Å². The van der Waals surface area contributed by atoms with Crippen molar-refractivity contribution in [3.63, 3.8) is 0 Å². The summed E-state index contributed by atoms with van der Waals surface area (Å²) in [6.07, 6.45) is 0. The van der Waals surface area contributed by atoms with Gasteiger partial charge in [-0.15, -0.1) is 0 Å². The van der Waals surface area contributed by atoms with Gasteiger partial charge in [-0.05, 0) is 44.0 Å². The summed E-state index contributed by atoms with van der Waals surface area (Å²) in [6.45, 7) is 7.01. The number of hydrogen-bond acceptors (Lipinski definition) is 2. The highest BCUT2D eigenvalue weighted by Gasteiger charge is 2.11. The van der Waals surface area contributed by atoms with Crippen molar-refractivity contribution in [1.29, 1.82) is 5.26 Å². The van der Waals surface area contributed by atoms with E-state index in [4.69, 9.17) is 5.26 Å². The summed E-state index contributed by atoms with van der Waals surface area (Å²) < 4.78 is 13.1. The molecule has 1 rings (SSSR count). The number of benzene rings is 1. The quantitative estimate of drug-likeness (QED) is 0.729. The van der Waals surface area contributed by atoms with Gasteiger partial charge in [0.25, 0.3) is 0 Å². The Balaban J connectivity index is 2.85. The lowest BCUT2D eigenvalue weighted by Crippen LogP contribution is -2.30. The number of halogens is 1. The summed E-state index contributed by atoms with van der Waals surface area (Å²) in [5, 5.41) is 8.72. The highest BCUT2D eigenvalue weighted by molar-refractivity contribution is 5.26. The Kier molecular flexibility index (Phi) is 4.45. The molecule has 16 heavy (non-hydrogen) atoms. The molecule has 0 N–H and O–H groups in total. The van der Waals surface area contributed by atoms with Crippen LogP contribution in [0.1, 0.15) is 25.0 Å². The molecule has 3 heteroatoms. The molecule has 0 atom stereocenters. The summed E-state index contributed by atoms with van der Waals surface area (Å²) >= 11 is 0. The van der Waals surface area contributed by atoms with Crippen molar-refractivity contribution in [2.75, 3.05) is 6.54 Å². The molecule has 0 heterocycles. The van der Waals surface area contributed by atoms with Crippen LogP contribution in [0.25, 0.3) is 0 Å². The van der Waals surface area contributed by atoms with Crippen molar-refractivity contribution < 1.29 is 4.39 Å². The Hall–Kier alpha value is -1.40. The SMILES string of the molecule is Cc1ccc(F)cc1CN(CC#N)C(C)C. The minimum atomic E-state index is -0.221. The Morgan fingerprint density at radius 2 is 2.12 bits per heavy atom. The molecular formula is C13H17FN2. The van der Waals surface area contributed by atoms with Crippen LogP contribution in [0.4, 0.5) is 4.39 Å². The predicted molar refractivity (Wildman–Crippen MR) is 62.3 cm³/mol. The van der Waals surface area contributed by atoms with E-state index in [1.807, 2.05) is 25.7 Å². The Morgan fingerprint density at radius 3 is 2.69 bits per heavy atom. The largest absolute Gasteiger partial charge is 0.284 e. The molecule has 0 aliphatic heterocycles. The summed E-state index contributed by atoms with van der Waals surface area (Å²) in [6, 6.07) is 7.19. The van der Waals surface area contributed by atoms with Gasteiger partial charge in [0.15, 0.2) is 0 Å². The van der Waals surface area contributed by atoms with Crippen molar-refractivity contribution in [2.24, 2.45) is 0 Å². The van der Waals surface area contributed by atoms with Crippen LogP contribution in [-0.4, -0.2) is 17.5 Å². The Labute approximate surface area is 96.3 Å². The molecule has 0 spiro atoms. The Morgan fingerprint density at radius 1 is 1.44 bits per heavy atom. The van der Waals surface area contributed by atoms with Gasteiger partial charge in [0, 0.05) is 12.6 Å². The third-order valence-corrected chi connectivity index (χ3v) is 2.69. The van der Waals surface area contributed by atoms with E-state index in [9.17, 15) is 4.39 Å². The number of hydrogen-bond donors (Lipinski definition) is 0. The fraction of sp³-hybridized carbons (Fsp3) is 0.462. The van der Waals surface area contributed by atoms with Gasteiger partial charge in [-0.2, -0.15) is 5.26 Å². The number of nitriles is 1. The minimum Gasteiger partial charge on any atom is -0.284 e. The first-order chi connectivity index (χ1) is 7.54. The molecule has 0 bridgehead atoms. The fourth-order valence-corrected chi connectivity index (χ4v) is 1.54. The molecule has 0 unspecified atom stereocenters. The Bertz CT molecular complexity index is 393. The van der Waals surface area contributed by atoms with Crippen molar-refractivity contribution in [3.8, 4) is 6.07 Å². The second kappa shape index (κ2) is 5.62. The lowest BCUT2D eigenvalue weighted by atomic mass is 10.1. The zero-order valence-corrected chi connectivity index (χ0v) is 10.00. The van der Waals surface area contributed by atoms with Crippen LogP contribution in [0.3, 0.4) is 0 Å². The van der Waals surface area contributed by atoms with Crippen LogP contribution in [0, 0.1) is 24.1 Å².